The fourth-order valence-electron chi connectivity index (χ4n) is 2.64. The second kappa shape index (κ2) is 5.41. The molecule has 2 N–H and O–H groups in total. The first-order chi connectivity index (χ1) is 8.22. The van der Waals surface area contributed by atoms with Crippen LogP contribution in [0.3, 0.4) is 0 Å². The number of nitrogens with two attached hydrogens (primary N) is 1. The highest BCUT2D eigenvalue weighted by Gasteiger charge is 2.25. The maximum Gasteiger partial charge on any atom is 0.120 e. The van der Waals surface area contributed by atoms with Crippen LogP contribution in [-0.4, -0.2) is 26.2 Å². The summed E-state index contributed by atoms with van der Waals surface area (Å²) in [6.45, 7) is 0. The number of nitrogens with zero attached hydrogens (tertiary/aromatic N) is 1. The molecule has 3 heteroatoms. The van der Waals surface area contributed by atoms with Gasteiger partial charge in [0.15, 0.2) is 0 Å². The molecule has 3 nitrogen and oxygen atoms in total. The summed E-state index contributed by atoms with van der Waals surface area (Å²) in [7, 11) is 3.83. The highest BCUT2D eigenvalue weighted by molar-refractivity contribution is 5.51. The molecule has 2 atom stereocenters. The Balaban J connectivity index is 2.14. The van der Waals surface area contributed by atoms with Crippen LogP contribution in [0.5, 0.6) is 5.75 Å². The molecule has 1 fully saturated rings. The van der Waals surface area contributed by atoms with Crippen LogP contribution >= 0.6 is 0 Å². The molecule has 1 aromatic carbocycles. The predicted octanol–water partition coefficient (Wildman–Crippen LogP) is 2.40. The fourth-order valence-corrected chi connectivity index (χ4v) is 2.64. The van der Waals surface area contributed by atoms with Gasteiger partial charge in [-0.25, -0.2) is 0 Å². The van der Waals surface area contributed by atoms with Crippen molar-refractivity contribution in [1.82, 2.24) is 0 Å². The number of anilines is 1. The van der Waals surface area contributed by atoms with Crippen molar-refractivity contribution in [3.05, 3.63) is 24.3 Å². The topological polar surface area (TPSA) is 38.5 Å². The molecule has 0 saturated heterocycles. The lowest BCUT2D eigenvalue weighted by Gasteiger charge is -2.37. The van der Waals surface area contributed by atoms with Crippen molar-refractivity contribution >= 4 is 5.69 Å². The fraction of sp³-hybridized carbons (Fsp3) is 0.571. The first-order valence-corrected chi connectivity index (χ1v) is 6.35. The Bertz CT molecular complexity index is 367. The number of benzene rings is 1. The summed E-state index contributed by atoms with van der Waals surface area (Å²) in [5.74, 6) is 0.902. The summed E-state index contributed by atoms with van der Waals surface area (Å²) in [5, 5.41) is 0. The highest BCUT2D eigenvalue weighted by Crippen LogP contribution is 2.27. The van der Waals surface area contributed by atoms with E-state index in [2.05, 4.69) is 24.1 Å². The Labute approximate surface area is 104 Å². The van der Waals surface area contributed by atoms with E-state index >= 15 is 0 Å². The van der Waals surface area contributed by atoms with E-state index in [1.54, 1.807) is 7.11 Å². The minimum Gasteiger partial charge on any atom is -0.497 e. The molecular formula is C14H22N2O. The lowest BCUT2D eigenvalue weighted by Crippen LogP contribution is -2.48. The van der Waals surface area contributed by atoms with E-state index < -0.39 is 0 Å². The second-order valence-corrected chi connectivity index (χ2v) is 4.83. The van der Waals surface area contributed by atoms with E-state index in [-0.39, 0.29) is 0 Å². The summed E-state index contributed by atoms with van der Waals surface area (Å²) in [4.78, 5) is 2.30. The summed E-state index contributed by atoms with van der Waals surface area (Å²) in [6, 6.07) is 8.93. The van der Waals surface area contributed by atoms with E-state index in [0.29, 0.717) is 12.1 Å². The minimum atomic E-state index is 0.292. The Morgan fingerprint density at radius 3 is 2.76 bits per heavy atom. The highest BCUT2D eigenvalue weighted by atomic mass is 16.5. The van der Waals surface area contributed by atoms with Crippen LogP contribution in [0.2, 0.25) is 0 Å². The van der Waals surface area contributed by atoms with Crippen molar-refractivity contribution in [3.8, 4) is 5.75 Å². The molecule has 1 aliphatic rings. The number of likely N-dealkylation sites (N-methyl/N-ethyl adjacent to an activating group) is 1. The van der Waals surface area contributed by atoms with Gasteiger partial charge < -0.3 is 15.4 Å². The van der Waals surface area contributed by atoms with Gasteiger partial charge in [0.2, 0.25) is 0 Å². The zero-order valence-electron chi connectivity index (χ0n) is 10.7. The van der Waals surface area contributed by atoms with E-state index in [0.717, 1.165) is 12.2 Å². The molecule has 2 rings (SSSR count). The first kappa shape index (κ1) is 12.2. The summed E-state index contributed by atoms with van der Waals surface area (Å²) < 4.78 is 5.26. The van der Waals surface area contributed by atoms with E-state index in [1.807, 2.05) is 12.1 Å². The number of hydrogen-bond donors (Lipinski definition) is 1. The van der Waals surface area contributed by atoms with Gasteiger partial charge in [-0.2, -0.15) is 0 Å². The zero-order valence-corrected chi connectivity index (χ0v) is 10.7. The van der Waals surface area contributed by atoms with Crippen LogP contribution < -0.4 is 15.4 Å². The maximum atomic E-state index is 6.21. The minimum absolute atomic E-state index is 0.292. The van der Waals surface area contributed by atoms with Gasteiger partial charge in [-0.15, -0.1) is 0 Å². The average Bonchev–Trinajstić information content (AvgIpc) is 2.38. The van der Waals surface area contributed by atoms with Crippen LogP contribution in [0.15, 0.2) is 24.3 Å². The van der Waals surface area contributed by atoms with Crippen LogP contribution in [0, 0.1) is 0 Å². The van der Waals surface area contributed by atoms with Gasteiger partial charge in [0, 0.05) is 30.9 Å². The number of ether oxygens (including phenoxy) is 1. The second-order valence-electron chi connectivity index (χ2n) is 4.83. The van der Waals surface area contributed by atoms with Crippen LogP contribution in [0.4, 0.5) is 5.69 Å². The molecule has 94 valence electrons. The predicted molar refractivity (Wildman–Crippen MR) is 71.6 cm³/mol. The zero-order chi connectivity index (χ0) is 12.3. The Morgan fingerprint density at radius 1 is 1.29 bits per heavy atom. The summed E-state index contributed by atoms with van der Waals surface area (Å²) >= 11 is 0. The molecule has 0 aliphatic heterocycles. The van der Waals surface area contributed by atoms with Gasteiger partial charge >= 0.3 is 0 Å². The lowest BCUT2D eigenvalue weighted by molar-refractivity contribution is 0.373. The smallest absolute Gasteiger partial charge is 0.120 e. The third-order valence-electron chi connectivity index (χ3n) is 3.74. The third-order valence-corrected chi connectivity index (χ3v) is 3.74. The molecule has 2 unspecified atom stereocenters. The molecule has 1 aromatic rings. The van der Waals surface area contributed by atoms with Crippen molar-refractivity contribution in [1.29, 1.82) is 0 Å². The first-order valence-electron chi connectivity index (χ1n) is 6.35. The van der Waals surface area contributed by atoms with Gasteiger partial charge in [-0.1, -0.05) is 18.9 Å². The molecule has 0 bridgehead atoms. The molecule has 0 amide bonds. The van der Waals surface area contributed by atoms with Crippen molar-refractivity contribution in [2.45, 2.75) is 37.8 Å². The molecule has 0 radical (unpaired) electrons. The molecule has 0 spiro atoms. The molecular weight excluding hydrogens is 212 g/mol. The molecule has 1 saturated carbocycles. The maximum absolute atomic E-state index is 6.21. The Hall–Kier alpha value is -1.22. The standard InChI is InChI=1S/C14H22N2O/c1-16(14-9-4-3-8-13(14)15)11-6-5-7-12(10-11)17-2/h5-7,10,13-14H,3-4,8-9,15H2,1-2H3. The van der Waals surface area contributed by atoms with Gasteiger partial charge in [0.05, 0.1) is 7.11 Å². The quantitative estimate of drug-likeness (QED) is 0.872. The number of rotatable bonds is 3. The third kappa shape index (κ3) is 2.72. The normalized spacial score (nSPS) is 24.4. The van der Waals surface area contributed by atoms with Crippen molar-refractivity contribution < 1.29 is 4.74 Å². The van der Waals surface area contributed by atoms with Crippen molar-refractivity contribution in [2.75, 3.05) is 19.1 Å². The number of hydrogen-bond acceptors (Lipinski definition) is 3. The van der Waals surface area contributed by atoms with E-state index in [1.165, 1.54) is 24.9 Å². The molecule has 0 aromatic heterocycles. The van der Waals surface area contributed by atoms with Gasteiger partial charge in [-0.05, 0) is 25.0 Å². The molecule has 0 heterocycles. The van der Waals surface area contributed by atoms with Gasteiger partial charge in [-0.3, -0.25) is 0 Å². The van der Waals surface area contributed by atoms with Crippen LogP contribution in [0.25, 0.3) is 0 Å². The van der Waals surface area contributed by atoms with Gasteiger partial charge in [0.25, 0.3) is 0 Å². The lowest BCUT2D eigenvalue weighted by atomic mass is 9.90. The van der Waals surface area contributed by atoms with Crippen molar-refractivity contribution in [2.24, 2.45) is 5.73 Å². The van der Waals surface area contributed by atoms with E-state index in [9.17, 15) is 0 Å². The van der Waals surface area contributed by atoms with Crippen LogP contribution in [0.1, 0.15) is 25.7 Å². The summed E-state index contributed by atoms with van der Waals surface area (Å²) in [5.41, 5.74) is 7.40. The average molecular weight is 234 g/mol. The Kier molecular flexibility index (Phi) is 3.89. The molecule has 1 aliphatic carbocycles. The van der Waals surface area contributed by atoms with Crippen LogP contribution in [-0.2, 0) is 0 Å². The Morgan fingerprint density at radius 2 is 2.06 bits per heavy atom. The summed E-state index contributed by atoms with van der Waals surface area (Å²) in [6.07, 6.45) is 4.88. The largest absolute Gasteiger partial charge is 0.497 e. The molecule has 17 heavy (non-hydrogen) atoms. The monoisotopic (exact) mass is 234 g/mol. The SMILES string of the molecule is COc1cccc(N(C)C2CCCCC2N)c1. The van der Waals surface area contributed by atoms with Gasteiger partial charge in [0.1, 0.15) is 5.75 Å². The van der Waals surface area contributed by atoms with Crippen molar-refractivity contribution in [3.63, 3.8) is 0 Å². The van der Waals surface area contributed by atoms with E-state index in [4.69, 9.17) is 10.5 Å². The number of methoxy groups -OCH3 is 1.